The van der Waals surface area contributed by atoms with E-state index in [-0.39, 0.29) is 0 Å². The molecule has 0 bridgehead atoms. The second kappa shape index (κ2) is 3.53. The van der Waals surface area contributed by atoms with Crippen molar-refractivity contribution in [3.8, 4) is 0 Å². The first-order valence-corrected chi connectivity index (χ1v) is 3.75. The summed E-state index contributed by atoms with van der Waals surface area (Å²) in [7, 11) is 1.68. The van der Waals surface area contributed by atoms with E-state index in [1.165, 1.54) is 0 Å². The maximum atomic E-state index is 5.00. The first-order chi connectivity index (χ1) is 5.25. The van der Waals surface area contributed by atoms with Gasteiger partial charge in [-0.1, -0.05) is 13.8 Å². The molecule has 3 nitrogen and oxygen atoms in total. The van der Waals surface area contributed by atoms with E-state index in [1.54, 1.807) is 13.3 Å². The monoisotopic (exact) mass is 154 g/mol. The van der Waals surface area contributed by atoms with Crippen molar-refractivity contribution in [3.05, 3.63) is 18.2 Å². The van der Waals surface area contributed by atoms with Gasteiger partial charge in [0.05, 0.1) is 0 Å². The van der Waals surface area contributed by atoms with Crippen molar-refractivity contribution >= 4 is 0 Å². The van der Waals surface area contributed by atoms with Crippen molar-refractivity contribution in [2.75, 3.05) is 7.11 Å². The van der Waals surface area contributed by atoms with Gasteiger partial charge in [0.15, 0.2) is 0 Å². The minimum atomic E-state index is 0.458. The van der Waals surface area contributed by atoms with Crippen LogP contribution in [0.5, 0.6) is 0 Å². The zero-order valence-corrected chi connectivity index (χ0v) is 7.24. The number of hydrogen-bond donors (Lipinski definition) is 0. The Hall–Kier alpha value is -0.830. The predicted octanol–water partition coefficient (Wildman–Crippen LogP) is 1.61. The van der Waals surface area contributed by atoms with Gasteiger partial charge in [0.25, 0.3) is 0 Å². The summed E-state index contributed by atoms with van der Waals surface area (Å²) in [5.41, 5.74) is 0. The first-order valence-electron chi connectivity index (χ1n) is 3.75. The van der Waals surface area contributed by atoms with Crippen molar-refractivity contribution < 1.29 is 4.74 Å². The summed E-state index contributed by atoms with van der Waals surface area (Å²) >= 11 is 0. The molecule has 0 N–H and O–H groups in total. The number of aromatic nitrogens is 2. The van der Waals surface area contributed by atoms with Crippen LogP contribution in [0.15, 0.2) is 12.4 Å². The maximum absolute atomic E-state index is 5.00. The Balaban J connectivity index is 2.78. The van der Waals surface area contributed by atoms with Crippen LogP contribution < -0.4 is 0 Å². The van der Waals surface area contributed by atoms with Crippen LogP contribution >= 0.6 is 0 Å². The van der Waals surface area contributed by atoms with Gasteiger partial charge in [-0.2, -0.15) is 0 Å². The molecule has 3 heteroatoms. The Kier molecular flexibility index (Phi) is 2.65. The van der Waals surface area contributed by atoms with E-state index in [0.29, 0.717) is 12.6 Å². The minimum Gasteiger partial charge on any atom is -0.364 e. The van der Waals surface area contributed by atoms with Gasteiger partial charge in [-0.25, -0.2) is 4.98 Å². The summed E-state index contributed by atoms with van der Waals surface area (Å²) in [6.45, 7) is 4.83. The van der Waals surface area contributed by atoms with E-state index in [2.05, 4.69) is 18.8 Å². The van der Waals surface area contributed by atoms with Crippen molar-refractivity contribution in [2.45, 2.75) is 26.5 Å². The molecule has 0 amide bonds. The molecule has 0 atom stereocenters. The van der Waals surface area contributed by atoms with E-state index in [0.717, 1.165) is 5.82 Å². The lowest BCUT2D eigenvalue weighted by atomic mass is 10.2. The molecule has 0 fully saturated rings. The Morgan fingerprint density at radius 2 is 2.36 bits per heavy atom. The summed E-state index contributed by atoms with van der Waals surface area (Å²) in [4.78, 5) is 4.22. The molecule has 0 radical (unpaired) electrons. The van der Waals surface area contributed by atoms with Crippen LogP contribution in [0.2, 0.25) is 0 Å². The molecule has 1 aromatic rings. The van der Waals surface area contributed by atoms with Crippen LogP contribution in [0, 0.1) is 0 Å². The summed E-state index contributed by atoms with van der Waals surface area (Å²) in [6.07, 6.45) is 3.73. The lowest BCUT2D eigenvalue weighted by molar-refractivity contribution is 0.128. The molecule has 0 unspecified atom stereocenters. The minimum absolute atomic E-state index is 0.458. The fraction of sp³-hybridized carbons (Fsp3) is 0.625. The Bertz CT molecular complexity index is 218. The molecule has 1 heterocycles. The standard InChI is InChI=1S/C8H14N2O/c1-7(2)8-9-4-5-10(8)6-11-3/h4-5,7H,6H2,1-3H3. The topological polar surface area (TPSA) is 27.1 Å². The lowest BCUT2D eigenvalue weighted by Gasteiger charge is -2.07. The van der Waals surface area contributed by atoms with Gasteiger partial charge in [-0.05, 0) is 0 Å². The third-order valence-electron chi connectivity index (χ3n) is 1.53. The first kappa shape index (κ1) is 8.27. The van der Waals surface area contributed by atoms with Gasteiger partial charge in [0.1, 0.15) is 12.6 Å². The highest BCUT2D eigenvalue weighted by atomic mass is 16.5. The molecule has 0 aliphatic carbocycles. The second-order valence-electron chi connectivity index (χ2n) is 2.83. The van der Waals surface area contributed by atoms with Crippen LogP contribution in [-0.4, -0.2) is 16.7 Å². The Morgan fingerprint density at radius 1 is 1.64 bits per heavy atom. The molecule has 0 aliphatic heterocycles. The van der Waals surface area contributed by atoms with Gasteiger partial charge in [0.2, 0.25) is 0 Å². The molecule has 1 aromatic heterocycles. The Labute approximate surface area is 67.0 Å². The summed E-state index contributed by atoms with van der Waals surface area (Å²) < 4.78 is 7.00. The highest BCUT2D eigenvalue weighted by Gasteiger charge is 2.05. The van der Waals surface area contributed by atoms with Crippen LogP contribution in [0.25, 0.3) is 0 Å². The number of rotatable bonds is 3. The lowest BCUT2D eigenvalue weighted by Crippen LogP contribution is -2.05. The fourth-order valence-electron chi connectivity index (χ4n) is 1.07. The third kappa shape index (κ3) is 1.80. The van der Waals surface area contributed by atoms with Crippen LogP contribution in [0.1, 0.15) is 25.6 Å². The molecular weight excluding hydrogens is 140 g/mol. The van der Waals surface area contributed by atoms with Gasteiger partial charge in [-0.3, -0.25) is 0 Å². The summed E-state index contributed by atoms with van der Waals surface area (Å²) in [5, 5.41) is 0. The number of hydrogen-bond acceptors (Lipinski definition) is 2. The van der Waals surface area contributed by atoms with Crippen LogP contribution in [0.4, 0.5) is 0 Å². The van der Waals surface area contributed by atoms with Crippen molar-refractivity contribution in [1.29, 1.82) is 0 Å². The Morgan fingerprint density at radius 3 is 2.91 bits per heavy atom. The fourth-order valence-corrected chi connectivity index (χ4v) is 1.07. The quantitative estimate of drug-likeness (QED) is 0.661. The molecule has 0 saturated heterocycles. The van der Waals surface area contributed by atoms with E-state index < -0.39 is 0 Å². The van der Waals surface area contributed by atoms with Gasteiger partial charge in [-0.15, -0.1) is 0 Å². The number of imidazole rings is 1. The largest absolute Gasteiger partial charge is 0.364 e. The highest BCUT2D eigenvalue weighted by Crippen LogP contribution is 2.10. The van der Waals surface area contributed by atoms with Gasteiger partial charge >= 0.3 is 0 Å². The molecule has 62 valence electrons. The maximum Gasteiger partial charge on any atom is 0.123 e. The molecule has 0 aliphatic rings. The number of nitrogens with zero attached hydrogens (tertiary/aromatic N) is 2. The van der Waals surface area contributed by atoms with Crippen LogP contribution in [-0.2, 0) is 11.5 Å². The molecule has 0 spiro atoms. The van der Waals surface area contributed by atoms with Crippen molar-refractivity contribution in [2.24, 2.45) is 0 Å². The third-order valence-corrected chi connectivity index (χ3v) is 1.53. The predicted molar refractivity (Wildman–Crippen MR) is 43.3 cm³/mol. The van der Waals surface area contributed by atoms with Crippen LogP contribution in [0.3, 0.4) is 0 Å². The average molecular weight is 154 g/mol. The SMILES string of the molecule is COCn1ccnc1C(C)C. The molecule has 1 rings (SSSR count). The summed E-state index contributed by atoms with van der Waals surface area (Å²) in [6, 6.07) is 0. The summed E-state index contributed by atoms with van der Waals surface area (Å²) in [5.74, 6) is 1.53. The smallest absolute Gasteiger partial charge is 0.123 e. The van der Waals surface area contributed by atoms with Gasteiger partial charge in [0, 0.05) is 25.4 Å². The highest BCUT2D eigenvalue weighted by molar-refractivity contribution is 4.96. The molecule has 0 aromatic carbocycles. The second-order valence-corrected chi connectivity index (χ2v) is 2.83. The normalized spacial score (nSPS) is 10.9. The molecule has 11 heavy (non-hydrogen) atoms. The van der Waals surface area contributed by atoms with E-state index >= 15 is 0 Å². The van der Waals surface area contributed by atoms with Gasteiger partial charge < -0.3 is 9.30 Å². The van der Waals surface area contributed by atoms with E-state index in [4.69, 9.17) is 4.74 Å². The van der Waals surface area contributed by atoms with Crippen molar-refractivity contribution in [3.63, 3.8) is 0 Å². The number of methoxy groups -OCH3 is 1. The average Bonchev–Trinajstić information content (AvgIpc) is 2.36. The zero-order chi connectivity index (χ0) is 8.27. The number of ether oxygens (including phenoxy) is 1. The molecule has 0 saturated carbocycles. The van der Waals surface area contributed by atoms with Crippen molar-refractivity contribution in [1.82, 2.24) is 9.55 Å². The van der Waals surface area contributed by atoms with E-state index in [1.807, 2.05) is 10.8 Å². The zero-order valence-electron chi connectivity index (χ0n) is 7.24. The molecular formula is C8H14N2O. The van der Waals surface area contributed by atoms with E-state index in [9.17, 15) is 0 Å².